The average Bonchev–Trinajstić information content (AvgIpc) is 2.46. The molecule has 4 nitrogen and oxygen atoms in total. The molecule has 0 radical (unpaired) electrons. The number of hydrogen-bond acceptors (Lipinski definition) is 3. The third-order valence-electron chi connectivity index (χ3n) is 3.34. The number of fused-ring (bicyclic) bond motifs is 1. The van der Waals surface area contributed by atoms with E-state index in [-0.39, 0.29) is 12.5 Å². The summed E-state index contributed by atoms with van der Waals surface area (Å²) in [5.74, 6) is -0.0749. The quantitative estimate of drug-likeness (QED) is 0.860. The summed E-state index contributed by atoms with van der Waals surface area (Å²) < 4.78 is 0. The van der Waals surface area contributed by atoms with Gasteiger partial charge in [-0.05, 0) is 36.8 Å². The second-order valence-corrected chi connectivity index (χ2v) is 4.78. The Morgan fingerprint density at radius 2 is 2.00 bits per heavy atom. The zero-order valence-corrected chi connectivity index (χ0v) is 11.1. The van der Waals surface area contributed by atoms with Crippen LogP contribution in [0.25, 0.3) is 0 Å². The normalized spacial score (nSPS) is 13.4. The first-order chi connectivity index (χ1) is 9.69. The molecular formula is C16H13N3O. The molecule has 0 atom stereocenters. The summed E-state index contributed by atoms with van der Waals surface area (Å²) in [4.78, 5) is 13.7. The summed E-state index contributed by atoms with van der Waals surface area (Å²) >= 11 is 0. The number of para-hydroxylation sites is 2. The summed E-state index contributed by atoms with van der Waals surface area (Å²) in [6, 6.07) is 15.4. The Morgan fingerprint density at radius 3 is 2.80 bits per heavy atom. The highest BCUT2D eigenvalue weighted by molar-refractivity contribution is 6.03. The van der Waals surface area contributed by atoms with Crippen molar-refractivity contribution >= 4 is 23.0 Å². The number of carbonyl (C=O) groups excluding carboxylic acids is 1. The maximum absolute atomic E-state index is 11.9. The van der Waals surface area contributed by atoms with Gasteiger partial charge in [0.2, 0.25) is 5.91 Å². The largest absolute Gasteiger partial charge is 0.329 e. The lowest BCUT2D eigenvalue weighted by Crippen LogP contribution is -2.35. The van der Waals surface area contributed by atoms with Crippen LogP contribution in [0.5, 0.6) is 0 Å². The number of anilines is 3. The van der Waals surface area contributed by atoms with Gasteiger partial charge >= 0.3 is 0 Å². The molecule has 3 rings (SSSR count). The van der Waals surface area contributed by atoms with Gasteiger partial charge in [0, 0.05) is 0 Å². The van der Waals surface area contributed by atoms with E-state index < -0.39 is 0 Å². The third kappa shape index (κ3) is 1.99. The van der Waals surface area contributed by atoms with Crippen LogP contribution in [0.4, 0.5) is 17.1 Å². The molecule has 2 aromatic carbocycles. The molecule has 98 valence electrons. The molecule has 0 saturated heterocycles. The fourth-order valence-electron chi connectivity index (χ4n) is 2.41. The van der Waals surface area contributed by atoms with E-state index in [1.807, 2.05) is 48.2 Å². The highest BCUT2D eigenvalue weighted by Crippen LogP contribution is 2.36. The number of aryl methyl sites for hydroxylation is 1. The summed E-state index contributed by atoms with van der Waals surface area (Å²) in [5, 5.41) is 12.1. The zero-order chi connectivity index (χ0) is 14.1. The van der Waals surface area contributed by atoms with E-state index in [0.29, 0.717) is 5.56 Å². The molecule has 0 aromatic heterocycles. The molecule has 1 N–H and O–H groups in total. The molecule has 2 aromatic rings. The predicted octanol–water partition coefficient (Wildman–Crippen LogP) is 2.96. The van der Waals surface area contributed by atoms with Crippen LogP contribution < -0.4 is 10.2 Å². The minimum absolute atomic E-state index is 0.0749. The van der Waals surface area contributed by atoms with Gasteiger partial charge in [-0.1, -0.05) is 18.2 Å². The second kappa shape index (κ2) is 4.71. The number of nitrogens with zero attached hydrogens (tertiary/aromatic N) is 2. The SMILES string of the molecule is Cc1ccc(C#N)c(N2CC(=O)Nc3ccccc32)c1. The van der Waals surface area contributed by atoms with Gasteiger partial charge < -0.3 is 10.2 Å². The van der Waals surface area contributed by atoms with Crippen molar-refractivity contribution < 1.29 is 4.79 Å². The first kappa shape index (κ1) is 12.2. The molecule has 20 heavy (non-hydrogen) atoms. The van der Waals surface area contributed by atoms with Crippen molar-refractivity contribution in [1.82, 2.24) is 0 Å². The lowest BCUT2D eigenvalue weighted by Gasteiger charge is -2.31. The smallest absolute Gasteiger partial charge is 0.244 e. The molecule has 1 amide bonds. The van der Waals surface area contributed by atoms with Crippen LogP contribution in [0, 0.1) is 18.3 Å². The Bertz CT molecular complexity index is 731. The Hall–Kier alpha value is -2.80. The van der Waals surface area contributed by atoms with Crippen LogP contribution in [-0.4, -0.2) is 12.5 Å². The summed E-state index contributed by atoms with van der Waals surface area (Å²) in [7, 11) is 0. The number of nitriles is 1. The molecule has 1 aliphatic rings. The van der Waals surface area contributed by atoms with E-state index >= 15 is 0 Å². The van der Waals surface area contributed by atoms with E-state index in [9.17, 15) is 10.1 Å². The van der Waals surface area contributed by atoms with E-state index in [0.717, 1.165) is 22.6 Å². The van der Waals surface area contributed by atoms with Gasteiger partial charge in [0.1, 0.15) is 12.6 Å². The Kier molecular flexibility index (Phi) is 2.88. The maximum atomic E-state index is 11.9. The minimum Gasteiger partial charge on any atom is -0.329 e. The van der Waals surface area contributed by atoms with Crippen molar-refractivity contribution in [1.29, 1.82) is 5.26 Å². The molecule has 0 aliphatic carbocycles. The number of amides is 1. The molecule has 0 bridgehead atoms. The van der Waals surface area contributed by atoms with E-state index in [2.05, 4.69) is 11.4 Å². The molecule has 0 fully saturated rings. The van der Waals surface area contributed by atoms with Crippen molar-refractivity contribution in [2.45, 2.75) is 6.92 Å². The number of benzene rings is 2. The van der Waals surface area contributed by atoms with Crippen LogP contribution in [0.1, 0.15) is 11.1 Å². The highest BCUT2D eigenvalue weighted by Gasteiger charge is 2.24. The molecule has 0 saturated carbocycles. The Labute approximate surface area is 117 Å². The summed E-state index contributed by atoms with van der Waals surface area (Å²) in [5.41, 5.74) is 4.08. The van der Waals surface area contributed by atoms with Crippen LogP contribution in [0.2, 0.25) is 0 Å². The minimum atomic E-state index is -0.0749. The second-order valence-electron chi connectivity index (χ2n) is 4.78. The molecule has 0 unspecified atom stereocenters. The molecule has 4 heteroatoms. The molecule has 1 heterocycles. The third-order valence-corrected chi connectivity index (χ3v) is 3.34. The first-order valence-corrected chi connectivity index (χ1v) is 6.36. The summed E-state index contributed by atoms with van der Waals surface area (Å²) in [6.07, 6.45) is 0. The zero-order valence-electron chi connectivity index (χ0n) is 11.1. The van der Waals surface area contributed by atoms with Crippen LogP contribution in [0.3, 0.4) is 0 Å². The van der Waals surface area contributed by atoms with E-state index in [1.165, 1.54) is 0 Å². The van der Waals surface area contributed by atoms with Crippen molar-refractivity contribution in [2.75, 3.05) is 16.8 Å². The van der Waals surface area contributed by atoms with Gasteiger partial charge in [0.15, 0.2) is 0 Å². The van der Waals surface area contributed by atoms with Gasteiger partial charge in [-0.3, -0.25) is 4.79 Å². The van der Waals surface area contributed by atoms with Crippen molar-refractivity contribution in [3.8, 4) is 6.07 Å². The van der Waals surface area contributed by atoms with Gasteiger partial charge in [0.25, 0.3) is 0 Å². The lowest BCUT2D eigenvalue weighted by atomic mass is 10.1. The lowest BCUT2D eigenvalue weighted by molar-refractivity contribution is -0.115. The topological polar surface area (TPSA) is 56.1 Å². The molecule has 0 spiro atoms. The number of carbonyl (C=O) groups is 1. The number of rotatable bonds is 1. The van der Waals surface area contributed by atoms with Crippen molar-refractivity contribution in [2.24, 2.45) is 0 Å². The van der Waals surface area contributed by atoms with E-state index in [4.69, 9.17) is 0 Å². The number of nitrogens with one attached hydrogen (secondary N) is 1. The summed E-state index contributed by atoms with van der Waals surface area (Å²) in [6.45, 7) is 2.19. The molecular weight excluding hydrogens is 250 g/mol. The standard InChI is InChI=1S/C16H13N3O/c1-11-6-7-12(9-17)15(8-11)19-10-16(20)18-13-4-2-3-5-14(13)19/h2-8H,10H2,1H3,(H,18,20). The van der Waals surface area contributed by atoms with Crippen LogP contribution in [-0.2, 0) is 4.79 Å². The first-order valence-electron chi connectivity index (χ1n) is 6.36. The van der Waals surface area contributed by atoms with Gasteiger partial charge in [0.05, 0.1) is 22.6 Å². The Morgan fingerprint density at radius 1 is 1.20 bits per heavy atom. The highest BCUT2D eigenvalue weighted by atomic mass is 16.2. The van der Waals surface area contributed by atoms with E-state index in [1.54, 1.807) is 6.07 Å². The Balaban J connectivity index is 2.18. The van der Waals surface area contributed by atoms with Crippen LogP contribution in [0.15, 0.2) is 42.5 Å². The average molecular weight is 263 g/mol. The van der Waals surface area contributed by atoms with Gasteiger partial charge in [-0.25, -0.2) is 0 Å². The van der Waals surface area contributed by atoms with Crippen LogP contribution >= 0.6 is 0 Å². The molecule has 1 aliphatic heterocycles. The monoisotopic (exact) mass is 263 g/mol. The van der Waals surface area contributed by atoms with Crippen molar-refractivity contribution in [3.63, 3.8) is 0 Å². The maximum Gasteiger partial charge on any atom is 0.244 e. The van der Waals surface area contributed by atoms with Crippen molar-refractivity contribution in [3.05, 3.63) is 53.6 Å². The fourth-order valence-corrected chi connectivity index (χ4v) is 2.41. The fraction of sp³-hybridized carbons (Fsp3) is 0.125. The predicted molar refractivity (Wildman–Crippen MR) is 78.0 cm³/mol. The van der Waals surface area contributed by atoms with Gasteiger partial charge in [-0.2, -0.15) is 5.26 Å². The number of hydrogen-bond donors (Lipinski definition) is 1. The van der Waals surface area contributed by atoms with Gasteiger partial charge in [-0.15, -0.1) is 0 Å².